The molecule has 1 saturated heterocycles. The Kier molecular flexibility index (Phi) is 7.41. The van der Waals surface area contributed by atoms with Crippen LogP contribution in [0.15, 0.2) is 54.6 Å². The highest BCUT2D eigenvalue weighted by Gasteiger charge is 2.25. The molecule has 0 unspecified atom stereocenters. The Morgan fingerprint density at radius 1 is 0.926 bits per heavy atom. The lowest BCUT2D eigenvalue weighted by atomic mass is 9.97. The van der Waals surface area contributed by atoms with E-state index in [9.17, 15) is 5.11 Å². The normalized spacial score (nSPS) is 22.3. The monoisotopic (exact) mass is 370 g/mol. The van der Waals surface area contributed by atoms with Crippen LogP contribution in [-0.4, -0.2) is 57.1 Å². The topological polar surface area (TPSA) is 38.3 Å². The number of aliphatic hydroxyl groups excluding tert-OH is 1. The number of benzene rings is 2. The number of rotatable bonds is 8. The van der Waals surface area contributed by atoms with Gasteiger partial charge in [0.15, 0.2) is 0 Å². The van der Waals surface area contributed by atoms with Crippen molar-refractivity contribution in [3.8, 4) is 0 Å². The molecule has 0 amide bonds. The molecule has 1 aliphatic heterocycles. The molecule has 0 aliphatic carbocycles. The lowest BCUT2D eigenvalue weighted by Crippen LogP contribution is -3.28. The minimum Gasteiger partial charge on any atom is -0.385 e. The molecule has 0 radical (unpaired) electrons. The molecule has 2 aromatic rings. The maximum Gasteiger partial charge on any atom is 0.127 e. The van der Waals surface area contributed by atoms with Gasteiger partial charge in [0, 0.05) is 0 Å². The molecule has 0 spiro atoms. The second-order valence-corrected chi connectivity index (χ2v) is 7.69. The number of hydrogen-bond acceptors (Lipinski definition) is 2. The van der Waals surface area contributed by atoms with Crippen LogP contribution in [-0.2, 0) is 4.74 Å². The highest BCUT2D eigenvalue weighted by molar-refractivity contribution is 5.35. The van der Waals surface area contributed by atoms with Gasteiger partial charge in [-0.05, 0) is 30.5 Å². The molecule has 0 bridgehead atoms. The van der Waals surface area contributed by atoms with E-state index in [0.29, 0.717) is 6.61 Å². The zero-order valence-electron chi connectivity index (χ0n) is 16.7. The van der Waals surface area contributed by atoms with Crippen LogP contribution in [0.5, 0.6) is 0 Å². The van der Waals surface area contributed by atoms with Crippen molar-refractivity contribution in [1.29, 1.82) is 0 Å². The van der Waals surface area contributed by atoms with Crippen molar-refractivity contribution in [3.63, 3.8) is 0 Å². The highest BCUT2D eigenvalue weighted by Crippen LogP contribution is 2.28. The molecule has 2 atom stereocenters. The Morgan fingerprint density at radius 3 is 2.22 bits per heavy atom. The van der Waals surface area contributed by atoms with Gasteiger partial charge in [0.25, 0.3) is 0 Å². The standard InChI is InChI=1S/C23H32N2O2/c1-3-24-13-15-25(16-14-24)17-21(26)18-27-23(20-10-5-4-6-11-20)22-12-8-7-9-19(22)2/h4-12,21,23,26H,3,13-18H2,1-2H3/p+2/t21-,23-/m1/s1. The SMILES string of the molecule is CC[NH+]1CC[NH+](C[C@@H](O)CO[C@H](c2ccccc2)c2ccccc2C)CC1. The number of ether oxygens (including phenoxy) is 1. The van der Waals surface area contributed by atoms with Crippen molar-refractivity contribution >= 4 is 0 Å². The van der Waals surface area contributed by atoms with E-state index in [2.05, 4.69) is 50.2 Å². The van der Waals surface area contributed by atoms with Crippen LogP contribution in [0, 0.1) is 6.92 Å². The fourth-order valence-electron chi connectivity index (χ4n) is 3.99. The van der Waals surface area contributed by atoms with Crippen molar-refractivity contribution in [2.24, 2.45) is 0 Å². The zero-order chi connectivity index (χ0) is 19.1. The first-order valence-corrected chi connectivity index (χ1v) is 10.2. The highest BCUT2D eigenvalue weighted by atomic mass is 16.5. The van der Waals surface area contributed by atoms with Crippen LogP contribution >= 0.6 is 0 Å². The van der Waals surface area contributed by atoms with E-state index in [0.717, 1.165) is 25.2 Å². The first-order chi connectivity index (χ1) is 13.2. The Labute approximate surface area is 163 Å². The van der Waals surface area contributed by atoms with Gasteiger partial charge in [-0.2, -0.15) is 0 Å². The van der Waals surface area contributed by atoms with Gasteiger partial charge in [-0.3, -0.25) is 0 Å². The van der Waals surface area contributed by atoms with Gasteiger partial charge >= 0.3 is 0 Å². The second kappa shape index (κ2) is 10.00. The second-order valence-electron chi connectivity index (χ2n) is 7.69. The number of aliphatic hydroxyl groups is 1. The van der Waals surface area contributed by atoms with E-state index in [1.54, 1.807) is 4.90 Å². The van der Waals surface area contributed by atoms with Gasteiger partial charge in [0.1, 0.15) is 44.9 Å². The average Bonchev–Trinajstić information content (AvgIpc) is 2.71. The van der Waals surface area contributed by atoms with E-state index < -0.39 is 6.10 Å². The third kappa shape index (κ3) is 5.63. The maximum atomic E-state index is 10.6. The minimum atomic E-state index is -0.432. The number of aryl methyl sites for hydroxylation is 1. The first kappa shape index (κ1) is 20.0. The third-order valence-electron chi connectivity index (χ3n) is 5.72. The van der Waals surface area contributed by atoms with Crippen LogP contribution in [0.2, 0.25) is 0 Å². The number of piperazine rings is 1. The molecule has 1 aliphatic rings. The predicted octanol–water partition coefficient (Wildman–Crippen LogP) is 0.265. The fraction of sp³-hybridized carbons (Fsp3) is 0.478. The molecule has 146 valence electrons. The molecule has 27 heavy (non-hydrogen) atoms. The zero-order valence-corrected chi connectivity index (χ0v) is 16.7. The van der Waals surface area contributed by atoms with Crippen molar-refractivity contribution in [2.45, 2.75) is 26.1 Å². The van der Waals surface area contributed by atoms with E-state index >= 15 is 0 Å². The van der Waals surface area contributed by atoms with E-state index in [1.807, 2.05) is 18.2 Å². The summed E-state index contributed by atoms with van der Waals surface area (Å²) < 4.78 is 6.27. The van der Waals surface area contributed by atoms with Gasteiger partial charge in [0.05, 0.1) is 13.2 Å². The molecule has 4 heteroatoms. The summed E-state index contributed by atoms with van der Waals surface area (Å²) in [6.07, 6.45) is -0.572. The number of hydrogen-bond donors (Lipinski definition) is 3. The smallest absolute Gasteiger partial charge is 0.127 e. The molecule has 3 rings (SSSR count). The van der Waals surface area contributed by atoms with E-state index in [1.165, 1.54) is 35.7 Å². The molecule has 0 saturated carbocycles. The third-order valence-corrected chi connectivity index (χ3v) is 5.72. The minimum absolute atomic E-state index is 0.140. The lowest BCUT2D eigenvalue weighted by molar-refractivity contribution is -1.01. The van der Waals surface area contributed by atoms with Crippen LogP contribution in [0.25, 0.3) is 0 Å². The summed E-state index contributed by atoms with van der Waals surface area (Å²) in [6, 6.07) is 18.6. The van der Waals surface area contributed by atoms with Crippen molar-refractivity contribution in [2.75, 3.05) is 45.9 Å². The van der Waals surface area contributed by atoms with E-state index in [-0.39, 0.29) is 6.10 Å². The average molecular weight is 371 g/mol. The lowest BCUT2D eigenvalue weighted by Gasteiger charge is -2.30. The number of likely N-dealkylation sites (N-methyl/N-ethyl adjacent to an activating group) is 1. The number of quaternary nitrogens is 2. The largest absolute Gasteiger partial charge is 0.385 e. The molecule has 1 fully saturated rings. The van der Waals surface area contributed by atoms with Gasteiger partial charge < -0.3 is 19.6 Å². The summed E-state index contributed by atoms with van der Waals surface area (Å²) in [4.78, 5) is 3.17. The van der Waals surface area contributed by atoms with Gasteiger partial charge in [-0.25, -0.2) is 0 Å². The van der Waals surface area contributed by atoms with E-state index in [4.69, 9.17) is 4.74 Å². The van der Waals surface area contributed by atoms with Crippen LogP contribution in [0.1, 0.15) is 29.7 Å². The van der Waals surface area contributed by atoms with Crippen LogP contribution in [0.4, 0.5) is 0 Å². The van der Waals surface area contributed by atoms with Gasteiger partial charge in [-0.1, -0.05) is 54.6 Å². The number of nitrogens with one attached hydrogen (secondary N) is 2. The Balaban J connectivity index is 1.61. The predicted molar refractivity (Wildman–Crippen MR) is 108 cm³/mol. The van der Waals surface area contributed by atoms with Crippen molar-refractivity contribution < 1.29 is 19.6 Å². The van der Waals surface area contributed by atoms with Crippen LogP contribution < -0.4 is 9.80 Å². The Bertz CT molecular complexity index is 684. The fourth-order valence-corrected chi connectivity index (χ4v) is 3.99. The summed E-state index contributed by atoms with van der Waals surface area (Å²) in [5, 5.41) is 10.6. The molecular weight excluding hydrogens is 336 g/mol. The molecule has 3 N–H and O–H groups in total. The summed E-state index contributed by atoms with van der Waals surface area (Å²) in [5.74, 6) is 0. The molecule has 4 nitrogen and oxygen atoms in total. The molecule has 0 aromatic heterocycles. The van der Waals surface area contributed by atoms with Gasteiger partial charge in [0.2, 0.25) is 0 Å². The summed E-state index contributed by atoms with van der Waals surface area (Å²) in [7, 11) is 0. The van der Waals surface area contributed by atoms with Gasteiger partial charge in [-0.15, -0.1) is 0 Å². The summed E-state index contributed by atoms with van der Waals surface area (Å²) >= 11 is 0. The van der Waals surface area contributed by atoms with Crippen molar-refractivity contribution in [3.05, 3.63) is 71.3 Å². The summed E-state index contributed by atoms with van der Waals surface area (Å²) in [6.45, 7) is 11.4. The molecule has 2 aromatic carbocycles. The first-order valence-electron chi connectivity index (χ1n) is 10.2. The Hall–Kier alpha value is -1.72. The maximum absolute atomic E-state index is 10.6. The quantitative estimate of drug-likeness (QED) is 0.624. The molecule has 1 heterocycles. The molecular formula is C23H34N2O2+2. The van der Waals surface area contributed by atoms with Crippen LogP contribution in [0.3, 0.4) is 0 Å². The summed E-state index contributed by atoms with van der Waals surface area (Å²) in [5.41, 5.74) is 3.51. The Morgan fingerprint density at radius 2 is 1.56 bits per heavy atom. The van der Waals surface area contributed by atoms with Crippen molar-refractivity contribution in [1.82, 2.24) is 0 Å².